The fourth-order valence-corrected chi connectivity index (χ4v) is 5.39. The molecular formula is C32H35F4N5O5. The van der Waals surface area contributed by atoms with Crippen molar-refractivity contribution in [1.82, 2.24) is 15.1 Å². The van der Waals surface area contributed by atoms with Crippen LogP contribution in [0.1, 0.15) is 41.8 Å². The van der Waals surface area contributed by atoms with Crippen LogP contribution in [0, 0.1) is 12.7 Å². The highest BCUT2D eigenvalue weighted by Crippen LogP contribution is 2.44. The second-order valence-electron chi connectivity index (χ2n) is 11.8. The summed E-state index contributed by atoms with van der Waals surface area (Å²) in [5.41, 5.74) is 2.76. The molecular weight excluding hydrogens is 610 g/mol. The molecule has 0 aliphatic carbocycles. The smallest absolute Gasteiger partial charge is 0.418 e. The zero-order chi connectivity index (χ0) is 34.0. The van der Waals surface area contributed by atoms with Crippen LogP contribution in [0.5, 0.6) is 5.75 Å². The molecule has 0 aliphatic rings. The van der Waals surface area contributed by atoms with Gasteiger partial charge in [-0.3, -0.25) is 9.59 Å². The standard InChI is InChI=1S/C32H35F4N5O5/c1-18-10-24(38-17-31(45,32(34,35)36)16-30(2,3)23-13-20(33)8-9-27(23)46-4)22-14-39-41(26(22)11-18)21-7-5-6-19(12-21)29(44)40-25(15-42)28(37)43/h5-14,25,38,42,45H,15-17H2,1-4H3,(H2,37,43)(H,40,44)/t25-,31?/m1/s1. The lowest BCUT2D eigenvalue weighted by atomic mass is 9.74. The van der Waals surface area contributed by atoms with E-state index < -0.39 is 60.4 Å². The number of methoxy groups -OCH3 is 1. The van der Waals surface area contributed by atoms with Gasteiger partial charge >= 0.3 is 6.18 Å². The number of aliphatic hydroxyl groups is 2. The third kappa shape index (κ3) is 7.07. The van der Waals surface area contributed by atoms with Gasteiger partial charge in [0.1, 0.15) is 17.6 Å². The van der Waals surface area contributed by atoms with Crippen molar-refractivity contribution in [2.24, 2.45) is 5.73 Å². The van der Waals surface area contributed by atoms with Crippen LogP contribution in [0.4, 0.5) is 23.2 Å². The first-order chi connectivity index (χ1) is 21.5. The van der Waals surface area contributed by atoms with Gasteiger partial charge in [-0.25, -0.2) is 9.07 Å². The Morgan fingerprint density at radius 3 is 2.46 bits per heavy atom. The number of nitrogens with two attached hydrogens (primary N) is 1. The van der Waals surface area contributed by atoms with Crippen LogP contribution in [-0.4, -0.2) is 69.9 Å². The van der Waals surface area contributed by atoms with Crippen molar-refractivity contribution in [3.63, 3.8) is 0 Å². The summed E-state index contributed by atoms with van der Waals surface area (Å²) in [7, 11) is 1.33. The molecule has 4 aromatic rings. The van der Waals surface area contributed by atoms with Crippen molar-refractivity contribution in [3.8, 4) is 11.4 Å². The summed E-state index contributed by atoms with van der Waals surface area (Å²) in [5, 5.41) is 30.4. The first-order valence-corrected chi connectivity index (χ1v) is 14.2. The van der Waals surface area contributed by atoms with Gasteiger partial charge in [0.15, 0.2) is 5.60 Å². The number of alkyl halides is 3. The SMILES string of the molecule is COc1ccc(F)cc1C(C)(C)CC(O)(CNc1cc(C)cc2c1cnn2-c1cccc(C(=O)N[C@H](CO)C(N)=O)c1)C(F)(F)F. The van der Waals surface area contributed by atoms with E-state index >= 15 is 0 Å². The van der Waals surface area contributed by atoms with Crippen LogP contribution in [0.2, 0.25) is 0 Å². The normalized spacial score (nSPS) is 14.0. The van der Waals surface area contributed by atoms with E-state index in [0.29, 0.717) is 22.2 Å². The van der Waals surface area contributed by atoms with Crippen molar-refractivity contribution in [2.45, 2.75) is 50.4 Å². The molecule has 2 amide bonds. The lowest BCUT2D eigenvalue weighted by Gasteiger charge is -2.38. The Morgan fingerprint density at radius 1 is 1.11 bits per heavy atom. The van der Waals surface area contributed by atoms with Gasteiger partial charge in [-0.15, -0.1) is 0 Å². The number of anilines is 1. The first-order valence-electron chi connectivity index (χ1n) is 14.2. The second-order valence-corrected chi connectivity index (χ2v) is 11.8. The fraction of sp³-hybridized carbons (Fsp3) is 0.344. The van der Waals surface area contributed by atoms with Crippen molar-refractivity contribution >= 4 is 28.4 Å². The Balaban J connectivity index is 1.65. The van der Waals surface area contributed by atoms with Gasteiger partial charge in [0.05, 0.1) is 37.7 Å². The number of fused-ring (bicyclic) bond motifs is 1. The number of benzene rings is 3. The Morgan fingerprint density at radius 2 is 1.83 bits per heavy atom. The molecule has 1 aromatic heterocycles. The summed E-state index contributed by atoms with van der Waals surface area (Å²) in [6.45, 7) is 3.08. The van der Waals surface area contributed by atoms with E-state index in [-0.39, 0.29) is 22.6 Å². The Labute approximate surface area is 262 Å². The maximum Gasteiger partial charge on any atom is 0.418 e. The number of ether oxygens (including phenoxy) is 1. The molecule has 1 unspecified atom stereocenters. The lowest BCUT2D eigenvalue weighted by Crippen LogP contribution is -2.53. The van der Waals surface area contributed by atoms with Gasteiger partial charge < -0.3 is 31.3 Å². The van der Waals surface area contributed by atoms with Crippen LogP contribution >= 0.6 is 0 Å². The maximum absolute atomic E-state index is 14.5. The number of primary amides is 1. The van der Waals surface area contributed by atoms with Crippen molar-refractivity contribution in [1.29, 1.82) is 0 Å². The minimum Gasteiger partial charge on any atom is -0.496 e. The number of halogens is 4. The van der Waals surface area contributed by atoms with Gasteiger partial charge in [0.25, 0.3) is 5.91 Å². The van der Waals surface area contributed by atoms with Gasteiger partial charge in [-0.2, -0.15) is 18.3 Å². The van der Waals surface area contributed by atoms with E-state index in [2.05, 4.69) is 15.7 Å². The van der Waals surface area contributed by atoms with Crippen LogP contribution < -0.4 is 21.1 Å². The third-order valence-corrected chi connectivity index (χ3v) is 7.74. The van der Waals surface area contributed by atoms with E-state index in [1.54, 1.807) is 31.2 Å². The predicted octanol–water partition coefficient (Wildman–Crippen LogP) is 4.13. The second kappa shape index (κ2) is 13.0. The highest BCUT2D eigenvalue weighted by atomic mass is 19.4. The van der Waals surface area contributed by atoms with Crippen LogP contribution in [0.15, 0.2) is 60.8 Å². The third-order valence-electron chi connectivity index (χ3n) is 7.74. The number of hydrogen-bond acceptors (Lipinski definition) is 7. The van der Waals surface area contributed by atoms with Crippen LogP contribution in [0.3, 0.4) is 0 Å². The Kier molecular flexibility index (Phi) is 9.64. The zero-order valence-corrected chi connectivity index (χ0v) is 25.6. The molecule has 10 nitrogen and oxygen atoms in total. The summed E-state index contributed by atoms with van der Waals surface area (Å²) in [6.07, 6.45) is -4.44. The molecule has 0 bridgehead atoms. The summed E-state index contributed by atoms with van der Waals surface area (Å²) in [4.78, 5) is 24.1. The molecule has 246 valence electrons. The quantitative estimate of drug-likeness (QED) is 0.145. The fourth-order valence-electron chi connectivity index (χ4n) is 5.39. The Bertz CT molecular complexity index is 1760. The van der Waals surface area contributed by atoms with E-state index in [1.165, 1.54) is 50.0 Å². The number of amides is 2. The van der Waals surface area contributed by atoms with Crippen molar-refractivity contribution < 1.29 is 42.1 Å². The van der Waals surface area contributed by atoms with E-state index in [4.69, 9.17) is 10.5 Å². The molecule has 0 fully saturated rings. The van der Waals surface area contributed by atoms with E-state index in [0.717, 1.165) is 12.1 Å². The van der Waals surface area contributed by atoms with Gasteiger partial charge in [-0.1, -0.05) is 19.9 Å². The average molecular weight is 646 g/mol. The number of aromatic nitrogens is 2. The van der Waals surface area contributed by atoms with Crippen molar-refractivity contribution in [2.75, 3.05) is 25.6 Å². The molecule has 0 spiro atoms. The highest BCUT2D eigenvalue weighted by Gasteiger charge is 2.56. The number of aryl methyl sites for hydroxylation is 1. The number of carbonyl (C=O) groups excluding carboxylic acids is 2. The molecule has 0 aliphatic heterocycles. The first kappa shape index (κ1) is 34.2. The lowest BCUT2D eigenvalue weighted by molar-refractivity contribution is -0.260. The monoisotopic (exact) mass is 645 g/mol. The summed E-state index contributed by atoms with van der Waals surface area (Å²) >= 11 is 0. The molecule has 3 aromatic carbocycles. The number of carbonyl (C=O) groups is 2. The molecule has 0 saturated heterocycles. The minimum atomic E-state index is -5.06. The van der Waals surface area contributed by atoms with Crippen LogP contribution in [0.25, 0.3) is 16.6 Å². The molecule has 6 N–H and O–H groups in total. The number of hydrogen-bond donors (Lipinski definition) is 5. The molecule has 1 heterocycles. The molecule has 0 radical (unpaired) electrons. The zero-order valence-electron chi connectivity index (χ0n) is 25.6. The molecule has 0 saturated carbocycles. The topological polar surface area (TPSA) is 152 Å². The van der Waals surface area contributed by atoms with Gasteiger partial charge in [0, 0.05) is 22.2 Å². The molecule has 4 rings (SSSR count). The number of nitrogens with one attached hydrogen (secondary N) is 2. The van der Waals surface area contributed by atoms with Crippen molar-refractivity contribution in [3.05, 3.63) is 83.3 Å². The van der Waals surface area contributed by atoms with Gasteiger partial charge in [-0.05, 0) is 72.9 Å². The maximum atomic E-state index is 14.5. The van der Waals surface area contributed by atoms with Crippen LogP contribution in [-0.2, 0) is 10.2 Å². The average Bonchev–Trinajstić information content (AvgIpc) is 3.41. The Hall–Kier alpha value is -4.69. The number of aliphatic hydroxyl groups excluding tert-OH is 1. The molecule has 2 atom stereocenters. The van der Waals surface area contributed by atoms with E-state index in [1.807, 2.05) is 0 Å². The minimum absolute atomic E-state index is 0.139. The molecule has 14 heteroatoms. The van der Waals surface area contributed by atoms with Gasteiger partial charge in [0.2, 0.25) is 5.91 Å². The van der Waals surface area contributed by atoms with E-state index in [9.17, 15) is 37.4 Å². The molecule has 46 heavy (non-hydrogen) atoms. The highest BCUT2D eigenvalue weighted by molar-refractivity contribution is 5.98. The summed E-state index contributed by atoms with van der Waals surface area (Å²) in [6, 6.07) is 11.9. The number of rotatable bonds is 12. The largest absolute Gasteiger partial charge is 0.496 e. The number of nitrogens with zero attached hydrogens (tertiary/aromatic N) is 2. The summed E-state index contributed by atoms with van der Waals surface area (Å²) < 4.78 is 64.4. The summed E-state index contributed by atoms with van der Waals surface area (Å²) in [5.74, 6) is -2.03. The predicted molar refractivity (Wildman–Crippen MR) is 163 cm³/mol.